The fourth-order valence-electron chi connectivity index (χ4n) is 4.38. The summed E-state index contributed by atoms with van der Waals surface area (Å²) in [5.74, 6) is 0.741. The van der Waals surface area contributed by atoms with Gasteiger partial charge >= 0.3 is 0 Å². The molecule has 3 rings (SSSR count). The van der Waals surface area contributed by atoms with E-state index >= 15 is 0 Å². The number of amides is 1. The number of piperidine rings is 2. The molecule has 0 aromatic rings. The van der Waals surface area contributed by atoms with E-state index in [1.54, 1.807) is 0 Å². The number of carbonyl (C=O) groups is 1. The van der Waals surface area contributed by atoms with Crippen LogP contribution >= 0.6 is 0 Å². The fraction of sp³-hybridized carbons (Fsp3) is 0.941. The standard InChI is InChI=1S/C17H31N3O/c1-17(2,13-5-3-8-18-12-13)16(21)19-14-7-10-20-9-4-6-15(20)11-14/h13-15,18H,3-12H2,1-2H3,(H,19,21). The molecule has 0 spiro atoms. The van der Waals surface area contributed by atoms with E-state index in [1.165, 1.54) is 38.8 Å². The lowest BCUT2D eigenvalue weighted by molar-refractivity contribution is -0.133. The molecule has 2 N–H and O–H groups in total. The predicted molar refractivity (Wildman–Crippen MR) is 85.1 cm³/mol. The van der Waals surface area contributed by atoms with E-state index in [0.717, 1.165) is 32.0 Å². The smallest absolute Gasteiger partial charge is 0.226 e. The summed E-state index contributed by atoms with van der Waals surface area (Å²) in [6, 6.07) is 1.12. The highest BCUT2D eigenvalue weighted by Crippen LogP contribution is 2.33. The van der Waals surface area contributed by atoms with Crippen LogP contribution < -0.4 is 10.6 Å². The summed E-state index contributed by atoms with van der Waals surface area (Å²) in [6.45, 7) is 8.79. The second-order valence-corrected chi connectivity index (χ2v) is 7.79. The minimum atomic E-state index is -0.250. The number of fused-ring (bicyclic) bond motifs is 1. The van der Waals surface area contributed by atoms with Crippen molar-refractivity contribution < 1.29 is 4.79 Å². The fourth-order valence-corrected chi connectivity index (χ4v) is 4.38. The molecule has 4 nitrogen and oxygen atoms in total. The summed E-state index contributed by atoms with van der Waals surface area (Å²) in [4.78, 5) is 15.4. The molecule has 3 atom stereocenters. The van der Waals surface area contributed by atoms with Gasteiger partial charge in [-0.3, -0.25) is 4.79 Å². The molecule has 120 valence electrons. The Kier molecular flexibility index (Phi) is 4.55. The summed E-state index contributed by atoms with van der Waals surface area (Å²) >= 11 is 0. The van der Waals surface area contributed by atoms with Crippen molar-refractivity contribution in [2.75, 3.05) is 26.2 Å². The molecule has 4 heteroatoms. The van der Waals surface area contributed by atoms with Crippen LogP contribution in [0.25, 0.3) is 0 Å². The van der Waals surface area contributed by atoms with Gasteiger partial charge in [-0.25, -0.2) is 0 Å². The van der Waals surface area contributed by atoms with Crippen LogP contribution in [0.3, 0.4) is 0 Å². The largest absolute Gasteiger partial charge is 0.353 e. The zero-order valence-corrected chi connectivity index (χ0v) is 13.7. The van der Waals surface area contributed by atoms with Gasteiger partial charge in [0.15, 0.2) is 0 Å². The first-order chi connectivity index (χ1) is 10.1. The molecule has 3 unspecified atom stereocenters. The molecule has 0 radical (unpaired) electrons. The molecule has 21 heavy (non-hydrogen) atoms. The average Bonchev–Trinajstić information content (AvgIpc) is 2.95. The highest BCUT2D eigenvalue weighted by Gasteiger charge is 2.39. The Bertz CT molecular complexity index is 376. The van der Waals surface area contributed by atoms with Crippen LogP contribution in [0.2, 0.25) is 0 Å². The van der Waals surface area contributed by atoms with Crippen LogP contribution in [0.4, 0.5) is 0 Å². The van der Waals surface area contributed by atoms with Gasteiger partial charge in [-0.2, -0.15) is 0 Å². The van der Waals surface area contributed by atoms with E-state index in [-0.39, 0.29) is 11.3 Å². The quantitative estimate of drug-likeness (QED) is 0.833. The van der Waals surface area contributed by atoms with Gasteiger partial charge in [0.25, 0.3) is 0 Å². The number of nitrogens with one attached hydrogen (secondary N) is 2. The van der Waals surface area contributed by atoms with Gasteiger partial charge in [-0.05, 0) is 64.1 Å². The molecule has 0 saturated carbocycles. The van der Waals surface area contributed by atoms with Gasteiger partial charge in [-0.15, -0.1) is 0 Å². The number of carbonyl (C=O) groups excluding carboxylic acids is 1. The van der Waals surface area contributed by atoms with E-state index in [2.05, 4.69) is 29.4 Å². The number of nitrogens with zero attached hydrogens (tertiary/aromatic N) is 1. The van der Waals surface area contributed by atoms with E-state index in [9.17, 15) is 4.79 Å². The van der Waals surface area contributed by atoms with Crippen LogP contribution in [-0.2, 0) is 4.79 Å². The van der Waals surface area contributed by atoms with Gasteiger partial charge in [0, 0.05) is 24.0 Å². The molecule has 3 aliphatic heterocycles. The molecule has 0 aromatic carbocycles. The summed E-state index contributed by atoms with van der Waals surface area (Å²) < 4.78 is 0. The topological polar surface area (TPSA) is 44.4 Å². The summed E-state index contributed by atoms with van der Waals surface area (Å²) in [7, 11) is 0. The van der Waals surface area contributed by atoms with Crippen molar-refractivity contribution in [1.82, 2.24) is 15.5 Å². The van der Waals surface area contributed by atoms with Gasteiger partial charge in [-0.1, -0.05) is 13.8 Å². The molecule has 0 aliphatic carbocycles. The van der Waals surface area contributed by atoms with Crippen molar-refractivity contribution in [2.45, 2.75) is 64.5 Å². The second kappa shape index (κ2) is 6.25. The van der Waals surface area contributed by atoms with Crippen molar-refractivity contribution in [3.63, 3.8) is 0 Å². The van der Waals surface area contributed by atoms with Gasteiger partial charge in [0.05, 0.1) is 0 Å². The van der Waals surface area contributed by atoms with Crippen LogP contribution in [-0.4, -0.2) is 49.1 Å². The maximum Gasteiger partial charge on any atom is 0.226 e. The summed E-state index contributed by atoms with van der Waals surface area (Å²) in [6.07, 6.45) is 7.31. The lowest BCUT2D eigenvalue weighted by Crippen LogP contribution is -2.53. The van der Waals surface area contributed by atoms with E-state index in [4.69, 9.17) is 0 Å². The first-order valence-electron chi connectivity index (χ1n) is 8.83. The Morgan fingerprint density at radius 2 is 2.05 bits per heavy atom. The first-order valence-corrected chi connectivity index (χ1v) is 8.83. The summed E-state index contributed by atoms with van der Waals surface area (Å²) in [5.41, 5.74) is -0.250. The monoisotopic (exact) mass is 293 g/mol. The Morgan fingerprint density at radius 3 is 2.81 bits per heavy atom. The first kappa shape index (κ1) is 15.3. The lowest BCUT2D eigenvalue weighted by Gasteiger charge is -2.39. The molecule has 3 saturated heterocycles. The Labute approximate surface area is 129 Å². The van der Waals surface area contributed by atoms with E-state index < -0.39 is 0 Å². The molecular weight excluding hydrogens is 262 g/mol. The van der Waals surface area contributed by atoms with Crippen LogP contribution in [0.15, 0.2) is 0 Å². The molecule has 3 aliphatic rings. The molecular formula is C17H31N3O. The van der Waals surface area contributed by atoms with Crippen molar-refractivity contribution in [2.24, 2.45) is 11.3 Å². The Hall–Kier alpha value is -0.610. The zero-order valence-electron chi connectivity index (χ0n) is 13.7. The maximum atomic E-state index is 12.8. The van der Waals surface area contributed by atoms with Crippen LogP contribution in [0.1, 0.15) is 52.4 Å². The molecule has 0 aromatic heterocycles. The van der Waals surface area contributed by atoms with Crippen molar-refractivity contribution >= 4 is 5.91 Å². The zero-order chi connectivity index (χ0) is 14.9. The predicted octanol–water partition coefficient (Wildman–Crippen LogP) is 1.76. The van der Waals surface area contributed by atoms with E-state index in [1.807, 2.05) is 0 Å². The molecule has 3 heterocycles. The van der Waals surface area contributed by atoms with Gasteiger partial charge in [0.2, 0.25) is 5.91 Å². The lowest BCUT2D eigenvalue weighted by atomic mass is 9.74. The van der Waals surface area contributed by atoms with Gasteiger partial charge < -0.3 is 15.5 Å². The molecule has 0 bridgehead atoms. The SMILES string of the molecule is CC(C)(C(=O)NC1CCN2CCCC2C1)C1CCCNC1. The summed E-state index contributed by atoms with van der Waals surface area (Å²) in [5, 5.41) is 6.82. The van der Waals surface area contributed by atoms with Crippen molar-refractivity contribution in [1.29, 1.82) is 0 Å². The highest BCUT2D eigenvalue weighted by atomic mass is 16.2. The van der Waals surface area contributed by atoms with E-state index in [0.29, 0.717) is 12.0 Å². The minimum absolute atomic E-state index is 0.250. The van der Waals surface area contributed by atoms with Crippen molar-refractivity contribution in [3.8, 4) is 0 Å². The number of hydrogen-bond acceptors (Lipinski definition) is 3. The number of hydrogen-bond donors (Lipinski definition) is 2. The second-order valence-electron chi connectivity index (χ2n) is 7.79. The van der Waals surface area contributed by atoms with Crippen LogP contribution in [0, 0.1) is 11.3 Å². The molecule has 3 fully saturated rings. The number of rotatable bonds is 3. The normalized spacial score (nSPS) is 34.5. The third-order valence-electron chi connectivity index (χ3n) is 6.06. The average molecular weight is 293 g/mol. The highest BCUT2D eigenvalue weighted by molar-refractivity contribution is 5.82. The van der Waals surface area contributed by atoms with Gasteiger partial charge in [0.1, 0.15) is 0 Å². The molecule has 1 amide bonds. The van der Waals surface area contributed by atoms with Crippen molar-refractivity contribution in [3.05, 3.63) is 0 Å². The minimum Gasteiger partial charge on any atom is -0.353 e. The third-order valence-corrected chi connectivity index (χ3v) is 6.06. The maximum absolute atomic E-state index is 12.8. The Balaban J connectivity index is 1.55. The Morgan fingerprint density at radius 1 is 1.19 bits per heavy atom. The third kappa shape index (κ3) is 3.26. The van der Waals surface area contributed by atoms with Crippen LogP contribution in [0.5, 0.6) is 0 Å².